The quantitative estimate of drug-likeness (QED) is 0.263. The minimum Gasteiger partial charge on any atom is -0.304 e. The van der Waals surface area contributed by atoms with Crippen LogP contribution in [-0.4, -0.2) is 36.5 Å². The number of rotatable bonds is 13. The van der Waals surface area contributed by atoms with E-state index in [1.54, 1.807) is 9.80 Å². The number of fused-ring (bicyclic) bond motifs is 2. The first kappa shape index (κ1) is 26.7. The molecule has 194 valence electrons. The fourth-order valence-electron chi connectivity index (χ4n) is 5.10. The summed E-state index contributed by atoms with van der Waals surface area (Å²) in [5.74, 6) is -1.03. The van der Waals surface area contributed by atoms with Crippen LogP contribution in [0.25, 0.3) is 9.75 Å². The Morgan fingerprint density at radius 3 is 1.39 bits per heavy atom. The number of Topliss-reactive ketones (excluding diaryl/α,β-unsaturated/α-hetero) is 2. The lowest BCUT2D eigenvalue weighted by Gasteiger charge is -2.22. The lowest BCUT2D eigenvalue weighted by atomic mass is 9.98. The molecule has 2 amide bonds. The summed E-state index contributed by atoms with van der Waals surface area (Å²) in [5, 5.41) is 0. The summed E-state index contributed by atoms with van der Waals surface area (Å²) in [5.41, 5.74) is 1.39. The highest BCUT2D eigenvalue weighted by atomic mass is 32.1. The normalized spacial score (nSPS) is 16.8. The first-order chi connectivity index (χ1) is 17.3. The summed E-state index contributed by atoms with van der Waals surface area (Å²) in [6, 6.07) is 3.84. The van der Waals surface area contributed by atoms with Gasteiger partial charge in [-0.1, -0.05) is 66.2 Å². The molecule has 6 nitrogen and oxygen atoms in total. The van der Waals surface area contributed by atoms with Crippen LogP contribution < -0.4 is 9.80 Å². The molecule has 0 saturated heterocycles. The van der Waals surface area contributed by atoms with E-state index in [4.69, 9.17) is 0 Å². The van der Waals surface area contributed by atoms with Gasteiger partial charge in [0.15, 0.2) is 0 Å². The third-order valence-corrected chi connectivity index (χ3v) is 9.95. The zero-order valence-electron chi connectivity index (χ0n) is 21.7. The molecule has 0 aliphatic carbocycles. The van der Waals surface area contributed by atoms with E-state index in [0.29, 0.717) is 46.1 Å². The summed E-state index contributed by atoms with van der Waals surface area (Å²) in [4.78, 5) is 57.0. The van der Waals surface area contributed by atoms with Crippen molar-refractivity contribution >= 4 is 57.4 Å². The number of nitrogens with zero attached hydrogens (tertiary/aromatic N) is 2. The van der Waals surface area contributed by atoms with E-state index >= 15 is 0 Å². The molecule has 2 aromatic heterocycles. The first-order valence-corrected chi connectivity index (χ1v) is 15.0. The largest absolute Gasteiger partial charge is 0.304 e. The maximum atomic E-state index is 12.8. The van der Waals surface area contributed by atoms with Gasteiger partial charge >= 0.3 is 0 Å². The maximum absolute atomic E-state index is 12.8. The van der Waals surface area contributed by atoms with Crippen LogP contribution in [0.3, 0.4) is 0 Å². The van der Waals surface area contributed by atoms with E-state index in [0.717, 1.165) is 61.1 Å². The zero-order valence-corrected chi connectivity index (χ0v) is 23.4. The van der Waals surface area contributed by atoms with Gasteiger partial charge in [0.2, 0.25) is 0 Å². The van der Waals surface area contributed by atoms with Gasteiger partial charge in [0.25, 0.3) is 23.4 Å². The van der Waals surface area contributed by atoms with Gasteiger partial charge in [-0.15, -0.1) is 22.7 Å². The number of amides is 2. The summed E-state index contributed by atoms with van der Waals surface area (Å²) in [6.07, 6.45) is 8.44. The Kier molecular flexibility index (Phi) is 8.45. The second kappa shape index (κ2) is 11.4. The van der Waals surface area contributed by atoms with Crippen molar-refractivity contribution in [3.05, 3.63) is 21.9 Å². The van der Waals surface area contributed by atoms with Crippen molar-refractivity contribution in [3.63, 3.8) is 0 Å². The van der Waals surface area contributed by atoms with Crippen molar-refractivity contribution in [2.45, 2.75) is 79.1 Å². The molecule has 4 rings (SSSR count). The van der Waals surface area contributed by atoms with E-state index < -0.39 is 23.4 Å². The molecule has 36 heavy (non-hydrogen) atoms. The Morgan fingerprint density at radius 1 is 0.667 bits per heavy atom. The SMILES string of the molecule is CCCCC(CC)CN1C(=O)C(=O)c2sc(-c3cc4c(s3)C(=O)C(=O)N4CC(CC)CCCC)cc21. The van der Waals surface area contributed by atoms with Crippen molar-refractivity contribution in [3.8, 4) is 9.75 Å². The highest BCUT2D eigenvalue weighted by Crippen LogP contribution is 2.47. The van der Waals surface area contributed by atoms with Crippen LogP contribution in [0.5, 0.6) is 0 Å². The summed E-state index contributed by atoms with van der Waals surface area (Å²) >= 11 is 2.63. The van der Waals surface area contributed by atoms with Crippen LogP contribution in [-0.2, 0) is 9.59 Å². The fraction of sp³-hybridized carbons (Fsp3) is 0.571. The van der Waals surface area contributed by atoms with Crippen LogP contribution >= 0.6 is 22.7 Å². The van der Waals surface area contributed by atoms with Crippen LogP contribution in [0.15, 0.2) is 12.1 Å². The van der Waals surface area contributed by atoms with Crippen LogP contribution in [0, 0.1) is 11.8 Å². The summed E-state index contributed by atoms with van der Waals surface area (Å²) < 4.78 is 0. The second-order valence-corrected chi connectivity index (χ2v) is 12.1. The second-order valence-electron chi connectivity index (χ2n) is 9.97. The number of unbranched alkanes of at least 4 members (excludes halogenated alkanes) is 2. The van der Waals surface area contributed by atoms with Crippen LogP contribution in [0.1, 0.15) is 98.4 Å². The molecule has 2 unspecified atom stereocenters. The molecule has 0 radical (unpaired) electrons. The highest BCUT2D eigenvalue weighted by molar-refractivity contribution is 7.25. The predicted molar refractivity (Wildman–Crippen MR) is 148 cm³/mol. The zero-order chi connectivity index (χ0) is 26.0. The molecule has 2 atom stereocenters. The number of hydrogen-bond acceptors (Lipinski definition) is 6. The molecule has 2 aromatic rings. The van der Waals surface area contributed by atoms with Crippen molar-refractivity contribution in [1.82, 2.24) is 0 Å². The van der Waals surface area contributed by atoms with Gasteiger partial charge in [-0.2, -0.15) is 0 Å². The lowest BCUT2D eigenvalue weighted by Crippen LogP contribution is -2.34. The number of anilines is 2. The Bertz CT molecular complexity index is 1070. The monoisotopic (exact) mass is 528 g/mol. The molecule has 0 saturated carbocycles. The first-order valence-electron chi connectivity index (χ1n) is 13.3. The number of carbonyl (C=O) groups excluding carboxylic acids is 4. The van der Waals surface area contributed by atoms with Gasteiger partial charge < -0.3 is 9.80 Å². The van der Waals surface area contributed by atoms with Gasteiger partial charge in [0.05, 0.1) is 11.4 Å². The molecule has 2 aliphatic rings. The smallest absolute Gasteiger partial charge is 0.300 e. The Morgan fingerprint density at radius 2 is 1.06 bits per heavy atom. The maximum Gasteiger partial charge on any atom is 0.300 e. The molecular weight excluding hydrogens is 492 g/mol. The van der Waals surface area contributed by atoms with Crippen molar-refractivity contribution in [2.24, 2.45) is 11.8 Å². The number of thiophene rings is 2. The third kappa shape index (κ3) is 4.94. The Balaban J connectivity index is 1.59. The minimum atomic E-state index is -0.440. The topological polar surface area (TPSA) is 74.8 Å². The van der Waals surface area contributed by atoms with Gasteiger partial charge in [-0.3, -0.25) is 19.2 Å². The van der Waals surface area contributed by atoms with Gasteiger partial charge in [-0.05, 0) is 36.8 Å². The molecule has 0 N–H and O–H groups in total. The van der Waals surface area contributed by atoms with E-state index in [9.17, 15) is 19.2 Å². The van der Waals surface area contributed by atoms with E-state index in [1.165, 1.54) is 22.7 Å². The number of ketones is 2. The molecular formula is C28H36N2O4S2. The van der Waals surface area contributed by atoms with E-state index in [1.807, 2.05) is 12.1 Å². The van der Waals surface area contributed by atoms with Gasteiger partial charge in [0.1, 0.15) is 9.75 Å². The molecule has 8 heteroatoms. The molecule has 0 spiro atoms. The summed E-state index contributed by atoms with van der Waals surface area (Å²) in [7, 11) is 0. The van der Waals surface area contributed by atoms with Crippen LogP contribution in [0.2, 0.25) is 0 Å². The minimum absolute atomic E-state index is 0.359. The Labute approximate surface area is 221 Å². The number of hydrogen-bond donors (Lipinski definition) is 0. The molecule has 2 aliphatic heterocycles. The van der Waals surface area contributed by atoms with Crippen LogP contribution in [0.4, 0.5) is 11.4 Å². The average molecular weight is 529 g/mol. The fourth-order valence-corrected chi connectivity index (χ4v) is 7.36. The standard InChI is InChI=1S/C28H36N2O4S2/c1-5-9-11-17(7-3)15-29-19-13-21(35-25(19)23(31)27(29)33)22-14-20-26(36-22)24(32)28(34)30(20)16-18(8-4)12-10-6-2/h13-14,17-18H,5-12,15-16H2,1-4H3. The lowest BCUT2D eigenvalue weighted by molar-refractivity contribution is -0.115. The predicted octanol–water partition coefficient (Wildman–Crippen LogP) is 6.97. The van der Waals surface area contributed by atoms with Gasteiger partial charge in [-0.25, -0.2) is 0 Å². The van der Waals surface area contributed by atoms with E-state index in [2.05, 4.69) is 27.7 Å². The van der Waals surface area contributed by atoms with Crippen molar-refractivity contribution in [2.75, 3.05) is 22.9 Å². The van der Waals surface area contributed by atoms with E-state index in [-0.39, 0.29) is 0 Å². The molecule has 0 aromatic carbocycles. The highest BCUT2D eigenvalue weighted by Gasteiger charge is 2.41. The van der Waals surface area contributed by atoms with Crippen molar-refractivity contribution in [1.29, 1.82) is 0 Å². The molecule has 0 bridgehead atoms. The number of carbonyl (C=O) groups is 4. The third-order valence-electron chi connectivity index (χ3n) is 7.51. The van der Waals surface area contributed by atoms with Gasteiger partial charge in [0, 0.05) is 22.8 Å². The molecule has 0 fully saturated rings. The van der Waals surface area contributed by atoms with Crippen molar-refractivity contribution < 1.29 is 19.2 Å². The summed E-state index contributed by atoms with van der Waals surface area (Å²) in [6.45, 7) is 9.69. The molecule has 4 heterocycles. The average Bonchev–Trinajstić information content (AvgIpc) is 3.61. The Hall–Kier alpha value is -2.32.